The van der Waals surface area contributed by atoms with E-state index in [1.807, 2.05) is 30.3 Å². The zero-order chi connectivity index (χ0) is 21.5. The molecule has 158 valence electrons. The first-order chi connectivity index (χ1) is 14.5. The van der Waals surface area contributed by atoms with Gasteiger partial charge in [0.25, 0.3) is 0 Å². The van der Waals surface area contributed by atoms with Crippen LogP contribution in [0, 0.1) is 10.8 Å². The summed E-state index contributed by atoms with van der Waals surface area (Å²) in [5.41, 5.74) is 6.91. The lowest BCUT2D eigenvalue weighted by atomic mass is 9.92. The third-order valence-corrected chi connectivity index (χ3v) is 5.14. The van der Waals surface area contributed by atoms with Gasteiger partial charge in [-0.15, -0.1) is 0 Å². The van der Waals surface area contributed by atoms with Gasteiger partial charge in [-0.25, -0.2) is 0 Å². The number of para-hydroxylation sites is 1. The van der Waals surface area contributed by atoms with Gasteiger partial charge in [0.05, 0.1) is 17.4 Å². The highest BCUT2D eigenvalue weighted by molar-refractivity contribution is 6.27. The molecular weight excluding hydrogens is 378 g/mol. The minimum atomic E-state index is -0.327. The normalized spacial score (nSPS) is 19.4. The molecule has 2 aromatic carbocycles. The summed E-state index contributed by atoms with van der Waals surface area (Å²) in [6.07, 6.45) is 2.98. The quantitative estimate of drug-likeness (QED) is 0.296. The van der Waals surface area contributed by atoms with Gasteiger partial charge in [0, 0.05) is 18.7 Å². The van der Waals surface area contributed by atoms with Crippen LogP contribution < -0.4 is 21.1 Å². The van der Waals surface area contributed by atoms with Crippen molar-refractivity contribution >= 4 is 11.5 Å². The number of hydrogen-bond acceptors (Lipinski definition) is 6. The highest BCUT2D eigenvalue weighted by Crippen LogP contribution is 2.23. The molecule has 1 saturated carbocycles. The summed E-state index contributed by atoms with van der Waals surface area (Å²) < 4.78 is 5.80. The average Bonchev–Trinajstić information content (AvgIpc) is 2.74. The maximum absolute atomic E-state index is 9.93. The molecule has 2 aromatic rings. The third-order valence-electron chi connectivity index (χ3n) is 5.14. The number of aliphatic hydroxyl groups excluding tert-OH is 1. The van der Waals surface area contributed by atoms with Crippen molar-refractivity contribution in [2.45, 2.75) is 37.8 Å². The van der Waals surface area contributed by atoms with Crippen molar-refractivity contribution in [1.29, 1.82) is 10.8 Å². The van der Waals surface area contributed by atoms with Gasteiger partial charge in [0.2, 0.25) is 0 Å². The Hall–Kier alpha value is -3.32. The molecule has 1 fully saturated rings. The minimum absolute atomic E-state index is 0.0694. The minimum Gasteiger partial charge on any atom is -0.457 e. The Morgan fingerprint density at radius 2 is 1.70 bits per heavy atom. The maximum atomic E-state index is 9.93. The van der Waals surface area contributed by atoms with Crippen LogP contribution in [-0.4, -0.2) is 35.8 Å². The molecule has 7 heteroatoms. The van der Waals surface area contributed by atoms with E-state index in [9.17, 15) is 5.11 Å². The number of hydrogen-bond donors (Lipinski definition) is 6. The molecule has 7 N–H and O–H groups in total. The number of ether oxygens (including phenoxy) is 1. The van der Waals surface area contributed by atoms with Gasteiger partial charge in [-0.1, -0.05) is 18.2 Å². The van der Waals surface area contributed by atoms with Gasteiger partial charge in [0.1, 0.15) is 23.2 Å². The van der Waals surface area contributed by atoms with Crippen molar-refractivity contribution in [3.8, 4) is 11.5 Å². The summed E-state index contributed by atoms with van der Waals surface area (Å²) in [4.78, 5) is 0. The molecule has 0 aliphatic heterocycles. The first kappa shape index (κ1) is 21.4. The Labute approximate surface area is 177 Å². The largest absolute Gasteiger partial charge is 0.457 e. The zero-order valence-corrected chi connectivity index (χ0v) is 17.1. The Morgan fingerprint density at radius 3 is 2.30 bits per heavy atom. The second-order valence-corrected chi connectivity index (χ2v) is 7.39. The van der Waals surface area contributed by atoms with Gasteiger partial charge >= 0.3 is 0 Å². The lowest BCUT2D eigenvalue weighted by Crippen LogP contribution is -2.41. The topological polar surface area (TPSA) is 127 Å². The van der Waals surface area contributed by atoms with Crippen molar-refractivity contribution < 1.29 is 9.84 Å². The highest BCUT2D eigenvalue weighted by Gasteiger charge is 2.23. The monoisotopic (exact) mass is 407 g/mol. The van der Waals surface area contributed by atoms with Gasteiger partial charge < -0.3 is 26.2 Å². The molecule has 3 rings (SSSR count). The average molecular weight is 408 g/mol. The standard InChI is InChI=1S/C23H29N5O2/c1-27-23(28-16-6-5-7-17(29)14-16)20(22(25)26)21(24)15-10-12-19(13-11-15)30-18-8-3-2-4-9-18/h2-4,8-13,16-17,24,27-29H,5-7,14H2,1H3,(H3,25,26)/b23-20+,24-21?. The van der Waals surface area contributed by atoms with Crippen LogP contribution in [0.4, 0.5) is 0 Å². The Balaban J connectivity index is 1.79. The number of nitrogens with one attached hydrogen (secondary N) is 4. The van der Waals surface area contributed by atoms with E-state index < -0.39 is 0 Å². The van der Waals surface area contributed by atoms with Crippen LogP contribution in [0.5, 0.6) is 11.5 Å². The van der Waals surface area contributed by atoms with E-state index in [-0.39, 0.29) is 23.7 Å². The van der Waals surface area contributed by atoms with Crippen molar-refractivity contribution in [2.75, 3.05) is 7.05 Å². The molecule has 7 nitrogen and oxygen atoms in total. The molecule has 0 saturated heterocycles. The van der Waals surface area contributed by atoms with E-state index in [4.69, 9.17) is 21.3 Å². The van der Waals surface area contributed by atoms with Crippen LogP contribution in [0.2, 0.25) is 0 Å². The molecule has 0 spiro atoms. The van der Waals surface area contributed by atoms with Gasteiger partial charge in [-0.05, 0) is 62.1 Å². The van der Waals surface area contributed by atoms with Crippen molar-refractivity contribution in [2.24, 2.45) is 5.73 Å². The fourth-order valence-electron chi connectivity index (χ4n) is 3.62. The predicted molar refractivity (Wildman–Crippen MR) is 119 cm³/mol. The van der Waals surface area contributed by atoms with Crippen molar-refractivity contribution in [1.82, 2.24) is 10.6 Å². The van der Waals surface area contributed by atoms with E-state index in [1.165, 1.54) is 0 Å². The summed E-state index contributed by atoms with van der Waals surface area (Å²) in [6, 6.07) is 16.7. The molecular formula is C23H29N5O2. The molecule has 0 heterocycles. The van der Waals surface area contributed by atoms with E-state index in [0.717, 1.165) is 25.0 Å². The summed E-state index contributed by atoms with van der Waals surface area (Å²) in [5.74, 6) is 1.73. The molecule has 0 radical (unpaired) electrons. The van der Waals surface area contributed by atoms with Crippen LogP contribution in [0.25, 0.3) is 0 Å². The van der Waals surface area contributed by atoms with Crippen molar-refractivity contribution in [3.63, 3.8) is 0 Å². The van der Waals surface area contributed by atoms with Gasteiger partial charge in [-0.2, -0.15) is 0 Å². The molecule has 0 aromatic heterocycles. The van der Waals surface area contributed by atoms with Crippen molar-refractivity contribution in [3.05, 3.63) is 71.6 Å². The number of amidine groups is 1. The summed E-state index contributed by atoms with van der Waals surface area (Å²) >= 11 is 0. The smallest absolute Gasteiger partial charge is 0.128 e. The first-order valence-electron chi connectivity index (χ1n) is 10.1. The van der Waals surface area contributed by atoms with Crippen LogP contribution in [0.15, 0.2) is 66.0 Å². The Morgan fingerprint density at radius 1 is 1.03 bits per heavy atom. The molecule has 1 aliphatic carbocycles. The molecule has 2 atom stereocenters. The molecule has 30 heavy (non-hydrogen) atoms. The van der Waals surface area contributed by atoms with Crippen LogP contribution in [-0.2, 0) is 0 Å². The maximum Gasteiger partial charge on any atom is 0.128 e. The second kappa shape index (κ2) is 9.93. The Bertz CT molecular complexity index is 909. The third kappa shape index (κ3) is 5.39. The van der Waals surface area contributed by atoms with Crippen LogP contribution in [0.3, 0.4) is 0 Å². The van der Waals surface area contributed by atoms with Gasteiger partial charge in [-0.3, -0.25) is 10.8 Å². The van der Waals surface area contributed by atoms with E-state index in [2.05, 4.69) is 10.6 Å². The number of nitrogens with two attached hydrogens (primary N) is 1. The van der Waals surface area contributed by atoms with E-state index in [0.29, 0.717) is 29.1 Å². The lowest BCUT2D eigenvalue weighted by molar-refractivity contribution is 0.114. The molecule has 0 amide bonds. The van der Waals surface area contributed by atoms with E-state index >= 15 is 0 Å². The summed E-state index contributed by atoms with van der Waals surface area (Å²) in [5, 5.41) is 33.0. The van der Waals surface area contributed by atoms with Crippen LogP contribution >= 0.6 is 0 Å². The summed E-state index contributed by atoms with van der Waals surface area (Å²) in [7, 11) is 1.73. The fourth-order valence-corrected chi connectivity index (χ4v) is 3.62. The van der Waals surface area contributed by atoms with Gasteiger partial charge in [0.15, 0.2) is 0 Å². The number of aliphatic hydroxyl groups is 1. The van der Waals surface area contributed by atoms with Crippen LogP contribution in [0.1, 0.15) is 31.2 Å². The molecule has 1 aliphatic rings. The van der Waals surface area contributed by atoms with E-state index in [1.54, 1.807) is 31.3 Å². The fraction of sp³-hybridized carbons (Fsp3) is 0.304. The SMILES string of the molecule is CN/C(NC1CCCC(O)C1)=C(\C(=N)N)C(=N)c1ccc(Oc2ccccc2)cc1. The highest BCUT2D eigenvalue weighted by atomic mass is 16.5. The number of benzene rings is 2. The lowest BCUT2D eigenvalue weighted by Gasteiger charge is -2.29. The molecule has 2 unspecified atom stereocenters. The first-order valence-corrected chi connectivity index (χ1v) is 10.1. The second-order valence-electron chi connectivity index (χ2n) is 7.39. The zero-order valence-electron chi connectivity index (χ0n) is 17.1. The Kier molecular flexibility index (Phi) is 7.08. The summed E-state index contributed by atoms with van der Waals surface area (Å²) in [6.45, 7) is 0. The molecule has 0 bridgehead atoms. The number of rotatable bonds is 8. The predicted octanol–water partition coefficient (Wildman–Crippen LogP) is 3.11.